The van der Waals surface area contributed by atoms with Crippen molar-refractivity contribution in [1.29, 1.82) is 0 Å². The fourth-order valence-electron chi connectivity index (χ4n) is 2.44. The Morgan fingerprint density at radius 2 is 1.94 bits per heavy atom. The number of aryl methyl sites for hydroxylation is 1. The van der Waals surface area contributed by atoms with E-state index in [0.29, 0.717) is 0 Å². The molecule has 4 heteroatoms. The largest absolute Gasteiger partial charge is 0.331 e. The van der Waals surface area contributed by atoms with E-state index in [4.69, 9.17) is 0 Å². The van der Waals surface area contributed by atoms with Crippen molar-refractivity contribution >= 4 is 37.6 Å². The number of carbonyl (C=O) groups excluding carboxylic acids is 1. The molecule has 0 radical (unpaired) electrons. The summed E-state index contributed by atoms with van der Waals surface area (Å²) in [6, 6.07) is 7.86. The third-order valence-corrected chi connectivity index (χ3v) is 5.43. The first-order valence-corrected chi connectivity index (χ1v) is 7.36. The van der Waals surface area contributed by atoms with Crippen LogP contribution >= 0.6 is 31.9 Å². The van der Waals surface area contributed by atoms with Crippen LogP contribution in [0.3, 0.4) is 0 Å². The summed E-state index contributed by atoms with van der Waals surface area (Å²) in [5.41, 5.74) is 3.78. The lowest BCUT2D eigenvalue weighted by Crippen LogP contribution is -2.08. The molecule has 0 saturated carbocycles. The molecular formula is C14H11Br2NO. The van der Waals surface area contributed by atoms with E-state index in [1.54, 1.807) is 0 Å². The van der Waals surface area contributed by atoms with Crippen molar-refractivity contribution in [3.63, 3.8) is 0 Å². The van der Waals surface area contributed by atoms with Crippen molar-refractivity contribution in [2.24, 2.45) is 0 Å². The van der Waals surface area contributed by atoms with Gasteiger partial charge in [0.1, 0.15) is 5.69 Å². The van der Waals surface area contributed by atoms with Gasteiger partial charge in [0.15, 0.2) is 0 Å². The van der Waals surface area contributed by atoms with E-state index >= 15 is 0 Å². The zero-order valence-corrected chi connectivity index (χ0v) is 13.0. The molecular weight excluding hydrogens is 358 g/mol. The maximum Gasteiger partial charge on any atom is 0.210 e. The lowest BCUT2D eigenvalue weighted by Gasteiger charge is -2.04. The smallest absolute Gasteiger partial charge is 0.210 e. The number of carbonyl (C=O) groups is 1. The minimum Gasteiger partial charge on any atom is -0.331 e. The molecule has 0 unspecified atom stereocenters. The second kappa shape index (κ2) is 4.35. The summed E-state index contributed by atoms with van der Waals surface area (Å²) in [5.74, 6) is 0.101. The van der Waals surface area contributed by atoms with Crippen LogP contribution < -0.4 is 0 Å². The summed E-state index contributed by atoms with van der Waals surface area (Å²) in [4.78, 5) is 12.6. The highest BCUT2D eigenvalue weighted by atomic mass is 79.9. The molecule has 2 aromatic rings. The van der Waals surface area contributed by atoms with Crippen LogP contribution in [0.1, 0.15) is 27.2 Å². The van der Waals surface area contributed by atoms with Gasteiger partial charge in [0.2, 0.25) is 5.78 Å². The predicted octanol–water partition coefficient (Wildman–Crippen LogP) is 4.11. The molecule has 0 saturated heterocycles. The highest BCUT2D eigenvalue weighted by Gasteiger charge is 2.27. The van der Waals surface area contributed by atoms with Crippen LogP contribution in [0.2, 0.25) is 0 Å². The number of rotatable bonds is 0. The van der Waals surface area contributed by atoms with Crippen LogP contribution in [0.15, 0.2) is 33.3 Å². The van der Waals surface area contributed by atoms with Crippen LogP contribution in [0, 0.1) is 6.92 Å². The molecule has 3 rings (SSSR count). The van der Waals surface area contributed by atoms with Crippen LogP contribution in [0.4, 0.5) is 0 Å². The number of ketones is 1. The van der Waals surface area contributed by atoms with Gasteiger partial charge in [-0.3, -0.25) is 4.79 Å². The number of hydrogen-bond donors (Lipinski definition) is 0. The van der Waals surface area contributed by atoms with Crippen molar-refractivity contribution in [3.05, 3.63) is 55.7 Å². The third kappa shape index (κ3) is 1.62. The first-order valence-electron chi connectivity index (χ1n) is 5.78. The maximum absolute atomic E-state index is 12.6. The van der Waals surface area contributed by atoms with Crippen molar-refractivity contribution in [3.8, 4) is 0 Å². The average Bonchev–Trinajstić information content (AvgIpc) is 2.53. The molecule has 0 aliphatic carbocycles. The number of fused-ring (bicyclic) bond motifs is 2. The van der Waals surface area contributed by atoms with Crippen LogP contribution in [0.25, 0.3) is 0 Å². The number of halogens is 2. The van der Waals surface area contributed by atoms with E-state index in [1.165, 1.54) is 0 Å². The SMILES string of the molecule is Cc1c(Br)c2n(c1Br)CCc1ccccc1C2=O. The van der Waals surface area contributed by atoms with Gasteiger partial charge in [-0.05, 0) is 56.3 Å². The van der Waals surface area contributed by atoms with Gasteiger partial charge in [-0.2, -0.15) is 0 Å². The Morgan fingerprint density at radius 3 is 2.72 bits per heavy atom. The Hall–Kier alpha value is -0.870. The van der Waals surface area contributed by atoms with Crippen molar-refractivity contribution in [1.82, 2.24) is 4.57 Å². The van der Waals surface area contributed by atoms with E-state index in [0.717, 1.165) is 44.4 Å². The third-order valence-electron chi connectivity index (χ3n) is 3.44. The van der Waals surface area contributed by atoms with Gasteiger partial charge in [-0.1, -0.05) is 24.3 Å². The van der Waals surface area contributed by atoms with Crippen molar-refractivity contribution in [2.75, 3.05) is 0 Å². The lowest BCUT2D eigenvalue weighted by atomic mass is 10.0. The van der Waals surface area contributed by atoms with Gasteiger partial charge in [0.05, 0.1) is 9.08 Å². The fourth-order valence-corrected chi connectivity index (χ4v) is 3.84. The lowest BCUT2D eigenvalue weighted by molar-refractivity contribution is 0.103. The Labute approximate surface area is 122 Å². The van der Waals surface area contributed by atoms with E-state index in [2.05, 4.69) is 36.4 Å². The number of nitrogens with zero attached hydrogens (tertiary/aromatic N) is 1. The predicted molar refractivity (Wildman–Crippen MR) is 78.1 cm³/mol. The molecule has 0 bridgehead atoms. The van der Waals surface area contributed by atoms with Gasteiger partial charge in [-0.15, -0.1) is 0 Å². The quantitative estimate of drug-likeness (QED) is 0.685. The van der Waals surface area contributed by atoms with Gasteiger partial charge < -0.3 is 4.57 Å². The molecule has 0 N–H and O–H groups in total. The second-order valence-corrected chi connectivity index (χ2v) is 6.01. The maximum atomic E-state index is 12.6. The minimum absolute atomic E-state index is 0.101. The minimum atomic E-state index is 0.101. The van der Waals surface area contributed by atoms with E-state index in [9.17, 15) is 4.79 Å². The monoisotopic (exact) mass is 367 g/mol. The van der Waals surface area contributed by atoms with Gasteiger partial charge in [0.25, 0.3) is 0 Å². The summed E-state index contributed by atoms with van der Waals surface area (Å²) in [6.07, 6.45) is 0.883. The second-order valence-electron chi connectivity index (χ2n) is 4.47. The van der Waals surface area contributed by atoms with E-state index in [-0.39, 0.29) is 5.78 Å². The van der Waals surface area contributed by atoms with Gasteiger partial charge in [-0.25, -0.2) is 0 Å². The Kier molecular flexibility index (Phi) is 2.94. The standard InChI is InChI=1S/C14H11Br2NO/c1-8-11(15)12-13(18)10-5-3-2-4-9(10)6-7-17(12)14(8)16/h2-5H,6-7H2,1H3. The van der Waals surface area contributed by atoms with Crippen molar-refractivity contribution < 1.29 is 4.79 Å². The molecule has 1 aromatic carbocycles. The van der Waals surface area contributed by atoms with E-state index in [1.807, 2.05) is 31.2 Å². The Bertz CT molecular complexity index is 658. The van der Waals surface area contributed by atoms with Crippen molar-refractivity contribution in [2.45, 2.75) is 19.9 Å². The van der Waals surface area contributed by atoms with Crippen LogP contribution in [0.5, 0.6) is 0 Å². The highest BCUT2D eigenvalue weighted by molar-refractivity contribution is 9.11. The molecule has 0 spiro atoms. The summed E-state index contributed by atoms with van der Waals surface area (Å²) >= 11 is 7.12. The van der Waals surface area contributed by atoms with Crippen LogP contribution in [-0.2, 0) is 13.0 Å². The zero-order chi connectivity index (χ0) is 12.9. The first-order chi connectivity index (χ1) is 8.61. The number of aromatic nitrogens is 1. The number of hydrogen-bond acceptors (Lipinski definition) is 1. The molecule has 0 amide bonds. The topological polar surface area (TPSA) is 22.0 Å². The van der Waals surface area contributed by atoms with Gasteiger partial charge in [0, 0.05) is 12.1 Å². The Balaban J connectivity index is 2.29. The molecule has 0 fully saturated rings. The average molecular weight is 369 g/mol. The molecule has 2 nitrogen and oxygen atoms in total. The molecule has 1 aromatic heterocycles. The molecule has 2 heterocycles. The molecule has 92 valence electrons. The molecule has 0 atom stereocenters. The normalized spacial score (nSPS) is 14.1. The number of benzene rings is 1. The van der Waals surface area contributed by atoms with Crippen LogP contribution in [-0.4, -0.2) is 10.4 Å². The fraction of sp³-hybridized carbons (Fsp3) is 0.214. The zero-order valence-electron chi connectivity index (χ0n) is 9.84. The summed E-state index contributed by atoms with van der Waals surface area (Å²) < 4.78 is 3.95. The molecule has 18 heavy (non-hydrogen) atoms. The molecule has 1 aliphatic rings. The Morgan fingerprint density at radius 1 is 1.22 bits per heavy atom. The first kappa shape index (κ1) is 12.2. The summed E-state index contributed by atoms with van der Waals surface area (Å²) in [5, 5.41) is 0. The highest BCUT2D eigenvalue weighted by Crippen LogP contribution is 2.35. The van der Waals surface area contributed by atoms with E-state index < -0.39 is 0 Å². The van der Waals surface area contributed by atoms with Gasteiger partial charge >= 0.3 is 0 Å². The summed E-state index contributed by atoms with van der Waals surface area (Å²) in [6.45, 7) is 2.83. The molecule has 1 aliphatic heterocycles. The summed E-state index contributed by atoms with van der Waals surface area (Å²) in [7, 11) is 0.